The Morgan fingerprint density at radius 1 is 1.07 bits per heavy atom. The van der Waals surface area contributed by atoms with Gasteiger partial charge in [-0.3, -0.25) is 9.59 Å². The largest absolute Gasteiger partial charge is 0.465 e. The van der Waals surface area contributed by atoms with Crippen LogP contribution in [0, 0.1) is 0 Å². The van der Waals surface area contributed by atoms with Crippen LogP contribution >= 0.6 is 0 Å². The van der Waals surface area contributed by atoms with Gasteiger partial charge in [0.1, 0.15) is 5.69 Å². The predicted molar refractivity (Wildman–Crippen MR) is 112 cm³/mol. The van der Waals surface area contributed by atoms with E-state index in [9.17, 15) is 9.59 Å². The van der Waals surface area contributed by atoms with Crippen molar-refractivity contribution in [3.05, 3.63) is 59.9 Å². The molecule has 1 aliphatic carbocycles. The summed E-state index contributed by atoms with van der Waals surface area (Å²) in [5.74, 6) is -0.0284. The van der Waals surface area contributed by atoms with Gasteiger partial charge in [0.25, 0.3) is 5.91 Å². The molecule has 0 N–H and O–H groups in total. The number of hydrogen-bond donors (Lipinski definition) is 0. The van der Waals surface area contributed by atoms with Crippen LogP contribution in [-0.2, 0) is 22.0 Å². The molecule has 1 atom stereocenters. The van der Waals surface area contributed by atoms with Crippen molar-refractivity contribution in [3.63, 3.8) is 0 Å². The first-order valence-electron chi connectivity index (χ1n) is 10.8. The molecule has 1 saturated heterocycles. The van der Waals surface area contributed by atoms with Crippen molar-refractivity contribution in [1.82, 2.24) is 9.47 Å². The SMILES string of the molecule is Cn1cccc1C(=O)N1CCCCC1CCOC(=O)C1(c2ccccc2)CCC1. The average Bonchev–Trinajstić information content (AvgIpc) is 3.14. The molecule has 1 unspecified atom stereocenters. The first-order valence-corrected chi connectivity index (χ1v) is 10.8. The molecule has 0 radical (unpaired) electrons. The average molecular weight is 395 g/mol. The summed E-state index contributed by atoms with van der Waals surface area (Å²) in [7, 11) is 1.90. The van der Waals surface area contributed by atoms with Crippen molar-refractivity contribution < 1.29 is 14.3 Å². The monoisotopic (exact) mass is 394 g/mol. The Labute approximate surface area is 172 Å². The number of nitrogens with zero attached hydrogens (tertiary/aromatic N) is 2. The zero-order chi connectivity index (χ0) is 20.3. The van der Waals surface area contributed by atoms with Crippen molar-refractivity contribution in [2.24, 2.45) is 7.05 Å². The zero-order valence-corrected chi connectivity index (χ0v) is 17.2. The standard InChI is InChI=1S/C24H30N2O3/c1-25-16-7-12-21(25)22(27)26-17-6-5-11-20(26)13-18-29-23(28)24(14-8-15-24)19-9-3-2-4-10-19/h2-4,7,9-10,12,16,20H,5-6,8,11,13-15,17-18H2,1H3. The van der Waals surface area contributed by atoms with Crippen LogP contribution in [0.1, 0.15) is 61.0 Å². The maximum absolute atomic E-state index is 13.0. The molecule has 1 aliphatic heterocycles. The molecular formula is C24H30N2O3. The molecule has 0 bridgehead atoms. The van der Waals surface area contributed by atoms with Crippen LogP contribution in [0.15, 0.2) is 48.7 Å². The van der Waals surface area contributed by atoms with E-state index in [0.717, 1.165) is 50.6 Å². The molecule has 29 heavy (non-hydrogen) atoms. The topological polar surface area (TPSA) is 51.5 Å². The van der Waals surface area contributed by atoms with Crippen LogP contribution in [-0.4, -0.2) is 40.5 Å². The molecule has 1 amide bonds. The number of carbonyl (C=O) groups is 2. The lowest BCUT2D eigenvalue weighted by Crippen LogP contribution is -2.46. The van der Waals surface area contributed by atoms with Crippen molar-refractivity contribution >= 4 is 11.9 Å². The molecule has 4 rings (SSSR count). The number of aromatic nitrogens is 1. The van der Waals surface area contributed by atoms with E-state index < -0.39 is 5.41 Å². The van der Waals surface area contributed by atoms with Gasteiger partial charge in [-0.25, -0.2) is 0 Å². The molecule has 1 aromatic heterocycles. The number of piperidine rings is 1. The molecule has 2 fully saturated rings. The van der Waals surface area contributed by atoms with E-state index in [1.54, 1.807) is 0 Å². The second-order valence-corrected chi connectivity index (χ2v) is 8.38. The second-order valence-electron chi connectivity index (χ2n) is 8.38. The Balaban J connectivity index is 1.37. The van der Waals surface area contributed by atoms with Crippen molar-refractivity contribution in [1.29, 1.82) is 0 Å². The van der Waals surface area contributed by atoms with Crippen molar-refractivity contribution in [2.75, 3.05) is 13.2 Å². The lowest BCUT2D eigenvalue weighted by molar-refractivity contribution is -0.155. The second kappa shape index (κ2) is 8.44. The van der Waals surface area contributed by atoms with Crippen molar-refractivity contribution in [2.45, 2.75) is 56.4 Å². The van der Waals surface area contributed by atoms with E-state index in [-0.39, 0.29) is 17.9 Å². The van der Waals surface area contributed by atoms with Crippen LogP contribution in [0.25, 0.3) is 0 Å². The van der Waals surface area contributed by atoms with E-state index in [0.29, 0.717) is 18.7 Å². The maximum Gasteiger partial charge on any atom is 0.316 e. The predicted octanol–water partition coefficient (Wildman–Crippen LogP) is 4.08. The Bertz CT molecular complexity index is 854. The van der Waals surface area contributed by atoms with Gasteiger partial charge in [-0.05, 0) is 49.8 Å². The smallest absolute Gasteiger partial charge is 0.316 e. The van der Waals surface area contributed by atoms with Crippen LogP contribution in [0.3, 0.4) is 0 Å². The van der Waals surface area contributed by atoms with Crippen molar-refractivity contribution in [3.8, 4) is 0 Å². The Morgan fingerprint density at radius 3 is 2.52 bits per heavy atom. The highest BCUT2D eigenvalue weighted by molar-refractivity contribution is 5.93. The Hall–Kier alpha value is -2.56. The molecule has 2 aromatic rings. The van der Waals surface area contributed by atoms with Crippen LogP contribution in [0.5, 0.6) is 0 Å². The third-order valence-corrected chi connectivity index (χ3v) is 6.66. The van der Waals surface area contributed by atoms with Crippen LogP contribution in [0.4, 0.5) is 0 Å². The van der Waals surface area contributed by atoms with Gasteiger partial charge in [0.2, 0.25) is 0 Å². The minimum absolute atomic E-state index is 0.0771. The quantitative estimate of drug-likeness (QED) is 0.694. The summed E-state index contributed by atoms with van der Waals surface area (Å²) in [5, 5.41) is 0. The molecule has 1 aromatic carbocycles. The van der Waals surface area contributed by atoms with E-state index in [2.05, 4.69) is 0 Å². The molecule has 1 saturated carbocycles. The third-order valence-electron chi connectivity index (χ3n) is 6.66. The third kappa shape index (κ3) is 3.83. The number of ether oxygens (including phenoxy) is 1. The van der Waals surface area contributed by atoms with Gasteiger partial charge < -0.3 is 14.2 Å². The molecular weight excluding hydrogens is 364 g/mol. The fourth-order valence-corrected chi connectivity index (χ4v) is 4.72. The lowest BCUT2D eigenvalue weighted by atomic mass is 9.64. The molecule has 2 heterocycles. The summed E-state index contributed by atoms with van der Waals surface area (Å²) in [4.78, 5) is 27.9. The van der Waals surface area contributed by atoms with Gasteiger partial charge in [-0.2, -0.15) is 0 Å². The van der Waals surface area contributed by atoms with E-state index in [1.165, 1.54) is 0 Å². The fraction of sp³-hybridized carbons (Fsp3) is 0.500. The Kier molecular flexibility index (Phi) is 5.74. The number of amides is 1. The fourth-order valence-electron chi connectivity index (χ4n) is 4.72. The lowest BCUT2D eigenvalue weighted by Gasteiger charge is -2.40. The van der Waals surface area contributed by atoms with Crippen LogP contribution in [0.2, 0.25) is 0 Å². The highest BCUT2D eigenvalue weighted by atomic mass is 16.5. The highest BCUT2D eigenvalue weighted by Gasteiger charge is 2.47. The maximum atomic E-state index is 13.0. The molecule has 154 valence electrons. The number of benzene rings is 1. The van der Waals surface area contributed by atoms with Gasteiger partial charge >= 0.3 is 5.97 Å². The highest BCUT2D eigenvalue weighted by Crippen LogP contribution is 2.44. The van der Waals surface area contributed by atoms with Gasteiger partial charge in [0, 0.05) is 32.3 Å². The number of esters is 1. The molecule has 5 nitrogen and oxygen atoms in total. The number of rotatable bonds is 6. The minimum atomic E-state index is -0.466. The van der Waals surface area contributed by atoms with Crippen LogP contribution < -0.4 is 0 Å². The first kappa shape index (κ1) is 19.7. The number of likely N-dealkylation sites (tertiary alicyclic amines) is 1. The van der Waals surface area contributed by atoms with E-state index >= 15 is 0 Å². The number of carbonyl (C=O) groups excluding carboxylic acids is 2. The van der Waals surface area contributed by atoms with Gasteiger partial charge in [0.05, 0.1) is 12.0 Å². The van der Waals surface area contributed by atoms with Gasteiger partial charge in [-0.15, -0.1) is 0 Å². The normalized spacial score (nSPS) is 20.7. The summed E-state index contributed by atoms with van der Waals surface area (Å²) in [6.07, 6.45) is 8.49. The summed E-state index contributed by atoms with van der Waals surface area (Å²) in [6.45, 7) is 1.14. The first-order chi connectivity index (χ1) is 14.1. The number of aryl methyl sites for hydroxylation is 1. The van der Waals surface area contributed by atoms with Gasteiger partial charge in [-0.1, -0.05) is 36.8 Å². The summed E-state index contributed by atoms with van der Waals surface area (Å²) >= 11 is 0. The Morgan fingerprint density at radius 2 is 1.86 bits per heavy atom. The summed E-state index contributed by atoms with van der Waals surface area (Å²) in [6, 6.07) is 13.9. The molecule has 5 heteroatoms. The molecule has 0 spiro atoms. The number of hydrogen-bond acceptors (Lipinski definition) is 3. The van der Waals surface area contributed by atoms with Gasteiger partial charge in [0.15, 0.2) is 0 Å². The summed E-state index contributed by atoms with van der Waals surface area (Å²) < 4.78 is 7.64. The van der Waals surface area contributed by atoms with E-state index in [4.69, 9.17) is 4.74 Å². The van der Waals surface area contributed by atoms with E-state index in [1.807, 2.05) is 65.2 Å². The summed E-state index contributed by atoms with van der Waals surface area (Å²) in [5.41, 5.74) is 1.31. The molecule has 2 aliphatic rings. The zero-order valence-electron chi connectivity index (χ0n) is 17.2. The minimum Gasteiger partial charge on any atom is -0.465 e.